The minimum absolute atomic E-state index is 0.0442. The third-order valence-corrected chi connectivity index (χ3v) is 5.80. The maximum Gasteiger partial charge on any atom is 0.240 e. The molecule has 0 fully saturated rings. The van der Waals surface area contributed by atoms with Gasteiger partial charge in [0.15, 0.2) is 5.82 Å². The van der Waals surface area contributed by atoms with E-state index in [1.54, 1.807) is 11.9 Å². The van der Waals surface area contributed by atoms with Crippen LogP contribution in [0.15, 0.2) is 59.8 Å². The fourth-order valence-electron chi connectivity index (χ4n) is 2.84. The Morgan fingerprint density at radius 1 is 1.10 bits per heavy atom. The first-order chi connectivity index (χ1) is 14.4. The summed E-state index contributed by atoms with van der Waals surface area (Å²) in [5.41, 5.74) is 2.09. The molecule has 1 heterocycles. The Labute approximate surface area is 181 Å². The van der Waals surface area contributed by atoms with E-state index < -0.39 is 0 Å². The number of amides is 1. The molecule has 2 N–H and O–H groups in total. The quantitative estimate of drug-likeness (QED) is 0.436. The number of para-hydroxylation sites is 1. The number of rotatable bonds is 8. The SMILES string of the molecule is CC(C)c1ccc(OCc2nnc(S[C@H](C)C(=O)N(C)c3ccccc3)n2N)cc1. The Bertz CT molecular complexity index is 973. The van der Waals surface area contributed by atoms with Gasteiger partial charge in [-0.25, -0.2) is 4.68 Å². The molecule has 0 unspecified atom stereocenters. The lowest BCUT2D eigenvalue weighted by molar-refractivity contribution is -0.117. The molecular weight excluding hydrogens is 398 g/mol. The first kappa shape index (κ1) is 21.7. The highest BCUT2D eigenvalue weighted by molar-refractivity contribution is 8.00. The summed E-state index contributed by atoms with van der Waals surface area (Å²) in [6, 6.07) is 17.5. The van der Waals surface area contributed by atoms with Crippen molar-refractivity contribution in [3.63, 3.8) is 0 Å². The molecule has 8 heteroatoms. The summed E-state index contributed by atoms with van der Waals surface area (Å²) in [7, 11) is 1.76. The molecular formula is C22H27N5O2S. The zero-order chi connectivity index (χ0) is 21.7. The summed E-state index contributed by atoms with van der Waals surface area (Å²) >= 11 is 1.27. The van der Waals surface area contributed by atoms with Crippen molar-refractivity contribution >= 4 is 23.4 Å². The number of hydrogen-bond donors (Lipinski definition) is 1. The monoisotopic (exact) mass is 425 g/mol. The minimum atomic E-state index is -0.376. The van der Waals surface area contributed by atoms with E-state index in [0.29, 0.717) is 16.9 Å². The summed E-state index contributed by atoms with van der Waals surface area (Å²) in [6.45, 7) is 6.31. The summed E-state index contributed by atoms with van der Waals surface area (Å²) in [5, 5.41) is 8.32. The predicted octanol–water partition coefficient (Wildman–Crippen LogP) is 3.84. The molecule has 3 aromatic rings. The van der Waals surface area contributed by atoms with Crippen LogP contribution in [-0.2, 0) is 11.4 Å². The number of benzene rings is 2. The van der Waals surface area contributed by atoms with E-state index in [0.717, 1.165) is 11.4 Å². The van der Waals surface area contributed by atoms with Crippen molar-refractivity contribution in [3.8, 4) is 5.75 Å². The van der Waals surface area contributed by atoms with E-state index in [1.165, 1.54) is 22.0 Å². The molecule has 0 radical (unpaired) electrons. The van der Waals surface area contributed by atoms with Crippen LogP contribution in [0.25, 0.3) is 0 Å². The number of ether oxygens (including phenoxy) is 1. The second kappa shape index (κ2) is 9.67. The highest BCUT2D eigenvalue weighted by Crippen LogP contribution is 2.24. The highest BCUT2D eigenvalue weighted by atomic mass is 32.2. The minimum Gasteiger partial charge on any atom is -0.486 e. The highest BCUT2D eigenvalue weighted by Gasteiger charge is 2.23. The number of hydrogen-bond acceptors (Lipinski definition) is 6. The first-order valence-electron chi connectivity index (χ1n) is 9.78. The molecule has 0 bridgehead atoms. The Morgan fingerprint density at radius 3 is 2.40 bits per heavy atom. The molecule has 0 saturated carbocycles. The molecule has 7 nitrogen and oxygen atoms in total. The third-order valence-electron chi connectivity index (χ3n) is 4.75. The maximum absolute atomic E-state index is 12.7. The van der Waals surface area contributed by atoms with Crippen molar-refractivity contribution in [3.05, 3.63) is 66.0 Å². The van der Waals surface area contributed by atoms with E-state index >= 15 is 0 Å². The first-order valence-corrected chi connectivity index (χ1v) is 10.7. The number of thioether (sulfide) groups is 1. The number of nitrogens with zero attached hydrogens (tertiary/aromatic N) is 4. The van der Waals surface area contributed by atoms with Crippen molar-refractivity contribution in [2.75, 3.05) is 17.8 Å². The largest absolute Gasteiger partial charge is 0.486 e. The second-order valence-electron chi connectivity index (χ2n) is 7.27. The van der Waals surface area contributed by atoms with Crippen LogP contribution in [0.5, 0.6) is 5.75 Å². The van der Waals surface area contributed by atoms with Gasteiger partial charge in [-0.1, -0.05) is 55.9 Å². The molecule has 0 spiro atoms. The summed E-state index contributed by atoms with van der Waals surface area (Å²) < 4.78 is 7.16. The van der Waals surface area contributed by atoms with Gasteiger partial charge >= 0.3 is 0 Å². The maximum atomic E-state index is 12.7. The Morgan fingerprint density at radius 2 is 1.77 bits per heavy atom. The summed E-state index contributed by atoms with van der Waals surface area (Å²) in [4.78, 5) is 14.4. The van der Waals surface area contributed by atoms with Gasteiger partial charge in [0.2, 0.25) is 11.1 Å². The molecule has 0 aliphatic carbocycles. The fraction of sp³-hybridized carbons (Fsp3) is 0.318. The number of carbonyl (C=O) groups is 1. The van der Waals surface area contributed by atoms with Gasteiger partial charge in [-0.3, -0.25) is 4.79 Å². The molecule has 158 valence electrons. The lowest BCUT2D eigenvalue weighted by Crippen LogP contribution is -2.33. The van der Waals surface area contributed by atoms with Crippen LogP contribution in [0.1, 0.15) is 38.1 Å². The van der Waals surface area contributed by atoms with Gasteiger partial charge in [-0.15, -0.1) is 10.2 Å². The Kier molecular flexibility index (Phi) is 6.99. The van der Waals surface area contributed by atoms with Gasteiger partial charge < -0.3 is 15.5 Å². The van der Waals surface area contributed by atoms with E-state index in [1.807, 2.05) is 61.5 Å². The fourth-order valence-corrected chi connectivity index (χ4v) is 3.72. The van der Waals surface area contributed by atoms with E-state index in [4.69, 9.17) is 10.6 Å². The molecule has 0 aliphatic rings. The molecule has 1 aromatic heterocycles. The van der Waals surface area contributed by atoms with Crippen molar-refractivity contribution in [1.29, 1.82) is 0 Å². The van der Waals surface area contributed by atoms with Gasteiger partial charge in [-0.2, -0.15) is 0 Å². The van der Waals surface area contributed by atoms with Crippen LogP contribution < -0.4 is 15.5 Å². The zero-order valence-electron chi connectivity index (χ0n) is 17.6. The lowest BCUT2D eigenvalue weighted by atomic mass is 10.0. The van der Waals surface area contributed by atoms with E-state index in [9.17, 15) is 4.79 Å². The predicted molar refractivity (Wildman–Crippen MR) is 120 cm³/mol. The molecule has 3 rings (SSSR count). The van der Waals surface area contributed by atoms with Gasteiger partial charge in [0.1, 0.15) is 12.4 Å². The van der Waals surface area contributed by atoms with E-state index in [-0.39, 0.29) is 17.8 Å². The molecule has 1 amide bonds. The number of nitrogen functional groups attached to an aromatic ring is 1. The number of nitrogens with two attached hydrogens (primary N) is 1. The smallest absolute Gasteiger partial charge is 0.240 e. The van der Waals surface area contributed by atoms with Crippen molar-refractivity contribution in [1.82, 2.24) is 14.9 Å². The second-order valence-corrected chi connectivity index (χ2v) is 8.58. The summed E-state index contributed by atoms with van der Waals surface area (Å²) in [5.74, 6) is 7.79. The summed E-state index contributed by atoms with van der Waals surface area (Å²) in [6.07, 6.45) is 0. The number of carbonyl (C=O) groups excluding carboxylic acids is 1. The number of aromatic nitrogens is 3. The normalized spacial score (nSPS) is 12.0. The van der Waals surface area contributed by atoms with Crippen LogP contribution in [0.2, 0.25) is 0 Å². The van der Waals surface area contributed by atoms with Crippen molar-refractivity contribution < 1.29 is 9.53 Å². The average molecular weight is 426 g/mol. The zero-order valence-corrected chi connectivity index (χ0v) is 18.5. The van der Waals surface area contributed by atoms with Crippen LogP contribution >= 0.6 is 11.8 Å². The van der Waals surface area contributed by atoms with Gasteiger partial charge in [-0.05, 0) is 42.7 Å². The average Bonchev–Trinajstić information content (AvgIpc) is 3.11. The topological polar surface area (TPSA) is 86.3 Å². The van der Waals surface area contributed by atoms with Crippen LogP contribution in [-0.4, -0.2) is 33.1 Å². The van der Waals surface area contributed by atoms with E-state index in [2.05, 4.69) is 24.0 Å². The lowest BCUT2D eigenvalue weighted by Gasteiger charge is -2.20. The molecule has 0 aliphatic heterocycles. The van der Waals surface area contributed by atoms with Crippen LogP contribution in [0.4, 0.5) is 5.69 Å². The van der Waals surface area contributed by atoms with Crippen molar-refractivity contribution in [2.24, 2.45) is 0 Å². The number of anilines is 1. The van der Waals surface area contributed by atoms with Crippen LogP contribution in [0.3, 0.4) is 0 Å². The standard InChI is InChI=1S/C22H27N5O2S/c1-15(2)17-10-12-19(13-11-17)29-14-20-24-25-22(27(20)23)30-16(3)21(28)26(4)18-8-6-5-7-9-18/h5-13,15-16H,14,23H2,1-4H3/t16-/m1/s1. The van der Waals surface area contributed by atoms with Crippen molar-refractivity contribution in [2.45, 2.75) is 43.7 Å². The van der Waals surface area contributed by atoms with Gasteiger partial charge in [0.25, 0.3) is 0 Å². The van der Waals surface area contributed by atoms with Gasteiger partial charge in [0.05, 0.1) is 5.25 Å². The molecule has 0 saturated heterocycles. The molecule has 2 aromatic carbocycles. The Balaban J connectivity index is 1.60. The third kappa shape index (κ3) is 5.13. The van der Waals surface area contributed by atoms with Gasteiger partial charge in [0, 0.05) is 12.7 Å². The molecule has 30 heavy (non-hydrogen) atoms. The molecule has 1 atom stereocenters. The van der Waals surface area contributed by atoms with Crippen LogP contribution in [0, 0.1) is 0 Å². The Hall–Kier alpha value is -3.00.